The monoisotopic (exact) mass is 378 g/mol. The van der Waals surface area contributed by atoms with Gasteiger partial charge < -0.3 is 19.7 Å². The molecule has 0 bridgehead atoms. The molecule has 2 aromatic carbocycles. The number of rotatable bonds is 6. The highest BCUT2D eigenvalue weighted by Crippen LogP contribution is 2.34. The van der Waals surface area contributed by atoms with E-state index in [9.17, 15) is 9.18 Å². The molecule has 0 saturated carbocycles. The Bertz CT molecular complexity index is 766. The summed E-state index contributed by atoms with van der Waals surface area (Å²) in [6.07, 6.45) is 0.101. The van der Waals surface area contributed by atoms with Crippen LogP contribution in [0.3, 0.4) is 0 Å². The quantitative estimate of drug-likeness (QED) is 0.832. The summed E-state index contributed by atoms with van der Waals surface area (Å²) >= 11 is 6.35. The van der Waals surface area contributed by atoms with Crippen molar-refractivity contribution in [2.45, 2.75) is 6.42 Å². The molecule has 0 aromatic heterocycles. The third kappa shape index (κ3) is 4.65. The SMILES string of the molecule is O=C(CCOc1ccccc1F)Nc1cccc(Cl)c1N1CCOCC1. The third-order valence-corrected chi connectivity index (χ3v) is 4.32. The molecule has 1 heterocycles. The van der Waals surface area contributed by atoms with Crippen molar-refractivity contribution in [3.63, 3.8) is 0 Å². The number of hydrogen-bond acceptors (Lipinski definition) is 4. The van der Waals surface area contributed by atoms with Gasteiger partial charge in [0.25, 0.3) is 0 Å². The molecule has 0 atom stereocenters. The fraction of sp³-hybridized carbons (Fsp3) is 0.316. The maximum absolute atomic E-state index is 13.5. The molecule has 1 fully saturated rings. The molecule has 0 unspecified atom stereocenters. The number of anilines is 2. The van der Waals surface area contributed by atoms with E-state index >= 15 is 0 Å². The van der Waals surface area contributed by atoms with E-state index in [1.165, 1.54) is 12.1 Å². The van der Waals surface area contributed by atoms with Gasteiger partial charge in [0.1, 0.15) is 0 Å². The van der Waals surface area contributed by atoms with Gasteiger partial charge in [0.05, 0.1) is 42.6 Å². The Morgan fingerprint density at radius 2 is 1.96 bits per heavy atom. The van der Waals surface area contributed by atoms with E-state index in [0.717, 1.165) is 5.69 Å². The van der Waals surface area contributed by atoms with E-state index in [1.807, 2.05) is 6.07 Å². The Labute approximate surface area is 156 Å². The summed E-state index contributed by atoms with van der Waals surface area (Å²) in [5.41, 5.74) is 1.44. The number of nitrogens with zero attached hydrogens (tertiary/aromatic N) is 1. The fourth-order valence-corrected chi connectivity index (χ4v) is 3.05. The second-order valence-electron chi connectivity index (χ2n) is 5.81. The number of carbonyl (C=O) groups excluding carboxylic acids is 1. The molecule has 1 saturated heterocycles. The summed E-state index contributed by atoms with van der Waals surface area (Å²) in [6.45, 7) is 2.75. The van der Waals surface area contributed by atoms with Crippen molar-refractivity contribution in [2.24, 2.45) is 0 Å². The molecular formula is C19H20ClFN2O3. The molecule has 1 aliphatic heterocycles. The summed E-state index contributed by atoms with van der Waals surface area (Å²) in [5, 5.41) is 3.45. The minimum Gasteiger partial charge on any atom is -0.490 e. The van der Waals surface area contributed by atoms with Crippen LogP contribution in [-0.4, -0.2) is 38.8 Å². The van der Waals surface area contributed by atoms with E-state index in [4.69, 9.17) is 21.1 Å². The summed E-state index contributed by atoms with van der Waals surface area (Å²) in [7, 11) is 0. The van der Waals surface area contributed by atoms with E-state index in [-0.39, 0.29) is 24.7 Å². The highest BCUT2D eigenvalue weighted by molar-refractivity contribution is 6.34. The van der Waals surface area contributed by atoms with E-state index in [1.54, 1.807) is 24.3 Å². The van der Waals surface area contributed by atoms with Gasteiger partial charge in [0.15, 0.2) is 11.6 Å². The molecule has 138 valence electrons. The van der Waals surface area contributed by atoms with Crippen LogP contribution in [0.25, 0.3) is 0 Å². The molecule has 1 amide bonds. The minimum absolute atomic E-state index is 0.0836. The second-order valence-corrected chi connectivity index (χ2v) is 6.22. The van der Waals surface area contributed by atoms with Crippen LogP contribution in [0.5, 0.6) is 5.75 Å². The fourth-order valence-electron chi connectivity index (χ4n) is 2.75. The van der Waals surface area contributed by atoms with Crippen LogP contribution in [0.2, 0.25) is 5.02 Å². The largest absolute Gasteiger partial charge is 0.490 e. The summed E-state index contributed by atoms with van der Waals surface area (Å²) in [6, 6.07) is 11.5. The van der Waals surface area contributed by atoms with Crippen molar-refractivity contribution in [1.29, 1.82) is 0 Å². The first kappa shape index (κ1) is 18.5. The number of amides is 1. The van der Waals surface area contributed by atoms with E-state index in [0.29, 0.717) is 37.0 Å². The Balaban J connectivity index is 1.60. The van der Waals surface area contributed by atoms with Crippen LogP contribution in [0, 0.1) is 5.82 Å². The van der Waals surface area contributed by atoms with Crippen molar-refractivity contribution < 1.29 is 18.7 Å². The number of morpholine rings is 1. The zero-order valence-electron chi connectivity index (χ0n) is 14.2. The Hall–Kier alpha value is -2.31. The Kier molecular flexibility index (Phi) is 6.30. The zero-order valence-corrected chi connectivity index (χ0v) is 15.0. The molecule has 0 aliphatic carbocycles. The predicted octanol–water partition coefficient (Wildman–Crippen LogP) is 3.72. The first-order valence-electron chi connectivity index (χ1n) is 8.43. The van der Waals surface area contributed by atoms with Gasteiger partial charge in [-0.2, -0.15) is 0 Å². The Morgan fingerprint density at radius 1 is 1.19 bits per heavy atom. The van der Waals surface area contributed by atoms with Crippen molar-refractivity contribution in [1.82, 2.24) is 0 Å². The molecular weight excluding hydrogens is 359 g/mol. The van der Waals surface area contributed by atoms with Crippen LogP contribution in [-0.2, 0) is 9.53 Å². The van der Waals surface area contributed by atoms with Crippen LogP contribution in [0.15, 0.2) is 42.5 Å². The van der Waals surface area contributed by atoms with Gasteiger partial charge in [-0.05, 0) is 24.3 Å². The molecule has 2 aromatic rings. The van der Waals surface area contributed by atoms with Crippen molar-refractivity contribution in [2.75, 3.05) is 43.1 Å². The smallest absolute Gasteiger partial charge is 0.227 e. The lowest BCUT2D eigenvalue weighted by Crippen LogP contribution is -2.37. The van der Waals surface area contributed by atoms with Crippen molar-refractivity contribution >= 4 is 28.9 Å². The molecule has 7 heteroatoms. The molecule has 0 radical (unpaired) electrons. The second kappa shape index (κ2) is 8.87. The molecule has 5 nitrogen and oxygen atoms in total. The van der Waals surface area contributed by atoms with Crippen molar-refractivity contribution in [3.8, 4) is 5.75 Å². The average Bonchev–Trinajstić information content (AvgIpc) is 2.64. The van der Waals surface area contributed by atoms with E-state index < -0.39 is 5.82 Å². The minimum atomic E-state index is -0.447. The lowest BCUT2D eigenvalue weighted by molar-refractivity contribution is -0.116. The van der Waals surface area contributed by atoms with Gasteiger partial charge in [-0.15, -0.1) is 0 Å². The summed E-state index contributed by atoms with van der Waals surface area (Å²) in [5.74, 6) is -0.535. The van der Waals surface area contributed by atoms with Gasteiger partial charge in [-0.3, -0.25) is 4.79 Å². The first-order chi connectivity index (χ1) is 12.6. The van der Waals surface area contributed by atoms with Crippen molar-refractivity contribution in [3.05, 3.63) is 53.3 Å². The number of benzene rings is 2. The molecule has 1 aliphatic rings. The van der Waals surface area contributed by atoms with E-state index in [2.05, 4.69) is 10.2 Å². The molecule has 0 spiro atoms. The molecule has 26 heavy (non-hydrogen) atoms. The summed E-state index contributed by atoms with van der Waals surface area (Å²) in [4.78, 5) is 14.4. The van der Waals surface area contributed by atoms with Gasteiger partial charge in [-0.25, -0.2) is 4.39 Å². The van der Waals surface area contributed by atoms with Gasteiger partial charge >= 0.3 is 0 Å². The topological polar surface area (TPSA) is 50.8 Å². The number of hydrogen-bond donors (Lipinski definition) is 1. The van der Waals surface area contributed by atoms with Crippen LogP contribution in [0.4, 0.5) is 15.8 Å². The normalized spacial score (nSPS) is 14.2. The lowest BCUT2D eigenvalue weighted by Gasteiger charge is -2.31. The number of carbonyl (C=O) groups is 1. The van der Waals surface area contributed by atoms with Gasteiger partial charge in [0, 0.05) is 13.1 Å². The predicted molar refractivity (Wildman–Crippen MR) is 99.6 cm³/mol. The highest BCUT2D eigenvalue weighted by Gasteiger charge is 2.19. The number of para-hydroxylation sites is 2. The van der Waals surface area contributed by atoms with Crippen LogP contribution in [0.1, 0.15) is 6.42 Å². The standard InChI is InChI=1S/C19H20ClFN2O3/c20-14-4-3-6-16(19(14)23-9-12-25-13-10-23)22-18(24)8-11-26-17-7-2-1-5-15(17)21/h1-7H,8-13H2,(H,22,24). The number of halogens is 2. The third-order valence-electron chi connectivity index (χ3n) is 4.01. The number of nitrogens with one attached hydrogen (secondary N) is 1. The maximum atomic E-state index is 13.5. The average molecular weight is 379 g/mol. The molecule has 1 N–H and O–H groups in total. The van der Waals surface area contributed by atoms with Crippen LogP contribution < -0.4 is 15.0 Å². The Morgan fingerprint density at radius 3 is 2.73 bits per heavy atom. The first-order valence-corrected chi connectivity index (χ1v) is 8.81. The van der Waals surface area contributed by atoms with Gasteiger partial charge in [-0.1, -0.05) is 29.8 Å². The number of ether oxygens (including phenoxy) is 2. The summed E-state index contributed by atoms with van der Waals surface area (Å²) < 4.78 is 24.2. The van der Waals surface area contributed by atoms with Crippen LogP contribution >= 0.6 is 11.6 Å². The molecule has 3 rings (SSSR count). The highest BCUT2D eigenvalue weighted by atomic mass is 35.5. The van der Waals surface area contributed by atoms with Gasteiger partial charge in [0.2, 0.25) is 5.91 Å². The zero-order chi connectivity index (χ0) is 18.4. The maximum Gasteiger partial charge on any atom is 0.227 e. The lowest BCUT2D eigenvalue weighted by atomic mass is 10.2.